The second-order valence-corrected chi connectivity index (χ2v) is 5.82. The molecule has 0 spiro atoms. The predicted molar refractivity (Wildman–Crippen MR) is 85.6 cm³/mol. The standard InChI is InChI=1S/C16H18N4O4/c21-14(6-11-7-15(22)19-20-16(11)23)18-13-9-24-8-12(13)5-10-1-3-17-4-2-10/h1-4,7,12-13H,5-6,8-9H2,(H,18,21)(H,19,22)(H,20,23)/t12-,13-/m1/s1. The summed E-state index contributed by atoms with van der Waals surface area (Å²) in [4.78, 5) is 39.0. The summed E-state index contributed by atoms with van der Waals surface area (Å²) in [6, 6.07) is 4.89. The first-order chi connectivity index (χ1) is 11.6. The van der Waals surface area contributed by atoms with Crippen LogP contribution in [0.15, 0.2) is 40.2 Å². The minimum Gasteiger partial charge on any atom is -0.379 e. The van der Waals surface area contributed by atoms with E-state index in [0.717, 1.165) is 18.1 Å². The Bertz CT molecular complexity index is 815. The number of rotatable bonds is 5. The number of pyridine rings is 1. The van der Waals surface area contributed by atoms with Crippen molar-refractivity contribution >= 4 is 5.91 Å². The maximum absolute atomic E-state index is 12.2. The molecule has 1 saturated heterocycles. The van der Waals surface area contributed by atoms with Crippen LogP contribution in [-0.4, -0.2) is 40.3 Å². The fourth-order valence-electron chi connectivity index (χ4n) is 2.80. The van der Waals surface area contributed by atoms with Gasteiger partial charge in [-0.25, -0.2) is 0 Å². The Balaban J connectivity index is 1.62. The molecular formula is C16H18N4O4. The van der Waals surface area contributed by atoms with Crippen molar-refractivity contribution in [1.82, 2.24) is 20.5 Å². The average molecular weight is 330 g/mol. The van der Waals surface area contributed by atoms with Crippen LogP contribution in [0.5, 0.6) is 0 Å². The van der Waals surface area contributed by atoms with Crippen LogP contribution in [-0.2, 0) is 22.4 Å². The lowest BCUT2D eigenvalue weighted by Crippen LogP contribution is -2.42. The summed E-state index contributed by atoms with van der Waals surface area (Å²) in [7, 11) is 0. The molecule has 3 heterocycles. The number of carbonyl (C=O) groups excluding carboxylic acids is 1. The molecule has 1 aliphatic rings. The summed E-state index contributed by atoms with van der Waals surface area (Å²) < 4.78 is 5.48. The van der Waals surface area contributed by atoms with Crippen LogP contribution in [0.25, 0.3) is 0 Å². The Morgan fingerprint density at radius 1 is 1.25 bits per heavy atom. The Kier molecular flexibility index (Phi) is 4.85. The number of nitrogens with zero attached hydrogens (tertiary/aromatic N) is 1. The van der Waals surface area contributed by atoms with Crippen molar-refractivity contribution < 1.29 is 9.53 Å². The van der Waals surface area contributed by atoms with Crippen LogP contribution >= 0.6 is 0 Å². The zero-order chi connectivity index (χ0) is 16.9. The number of ether oxygens (including phenoxy) is 1. The summed E-state index contributed by atoms with van der Waals surface area (Å²) in [6.45, 7) is 1.01. The first kappa shape index (κ1) is 16.1. The van der Waals surface area contributed by atoms with Crippen molar-refractivity contribution in [2.24, 2.45) is 5.92 Å². The second kappa shape index (κ2) is 7.22. The van der Waals surface area contributed by atoms with Crippen LogP contribution in [0, 0.1) is 5.92 Å². The predicted octanol–water partition coefficient (Wildman–Crippen LogP) is -0.625. The summed E-state index contributed by atoms with van der Waals surface area (Å²) in [5.41, 5.74) is 0.351. The van der Waals surface area contributed by atoms with E-state index in [2.05, 4.69) is 20.5 Å². The lowest BCUT2D eigenvalue weighted by molar-refractivity contribution is -0.121. The van der Waals surface area contributed by atoms with Gasteiger partial charge >= 0.3 is 0 Å². The normalized spacial score (nSPS) is 20.0. The van der Waals surface area contributed by atoms with Crippen molar-refractivity contribution in [3.05, 3.63) is 62.4 Å². The molecule has 0 aliphatic carbocycles. The van der Waals surface area contributed by atoms with E-state index in [-0.39, 0.29) is 29.9 Å². The summed E-state index contributed by atoms with van der Waals surface area (Å²) in [5.74, 6) is -0.143. The number of nitrogens with one attached hydrogen (secondary N) is 3. The lowest BCUT2D eigenvalue weighted by Gasteiger charge is -2.19. The van der Waals surface area contributed by atoms with Crippen molar-refractivity contribution in [2.75, 3.05) is 13.2 Å². The van der Waals surface area contributed by atoms with Gasteiger partial charge in [0.05, 0.1) is 25.7 Å². The first-order valence-electron chi connectivity index (χ1n) is 7.68. The Morgan fingerprint density at radius 2 is 2.04 bits per heavy atom. The highest BCUT2D eigenvalue weighted by Crippen LogP contribution is 2.19. The van der Waals surface area contributed by atoms with Crippen LogP contribution < -0.4 is 16.4 Å². The molecule has 1 amide bonds. The molecule has 8 nitrogen and oxygen atoms in total. The molecule has 0 saturated carbocycles. The van der Waals surface area contributed by atoms with Crippen molar-refractivity contribution in [3.8, 4) is 0 Å². The van der Waals surface area contributed by atoms with Crippen LogP contribution in [0.2, 0.25) is 0 Å². The lowest BCUT2D eigenvalue weighted by atomic mass is 9.95. The van der Waals surface area contributed by atoms with Gasteiger partial charge in [-0.2, -0.15) is 0 Å². The van der Waals surface area contributed by atoms with E-state index >= 15 is 0 Å². The van der Waals surface area contributed by atoms with E-state index in [0.29, 0.717) is 13.2 Å². The van der Waals surface area contributed by atoms with Gasteiger partial charge < -0.3 is 10.1 Å². The molecule has 1 aliphatic heterocycles. The van der Waals surface area contributed by atoms with Gasteiger partial charge in [-0.3, -0.25) is 29.6 Å². The summed E-state index contributed by atoms with van der Waals surface area (Å²) in [5, 5.41) is 7.28. The van der Waals surface area contributed by atoms with Gasteiger partial charge in [-0.15, -0.1) is 0 Å². The highest BCUT2D eigenvalue weighted by molar-refractivity contribution is 5.78. The Morgan fingerprint density at radius 3 is 2.83 bits per heavy atom. The zero-order valence-corrected chi connectivity index (χ0v) is 13.0. The molecule has 0 bridgehead atoms. The van der Waals surface area contributed by atoms with Gasteiger partial charge in [0.25, 0.3) is 11.1 Å². The highest BCUT2D eigenvalue weighted by atomic mass is 16.5. The topological polar surface area (TPSA) is 117 Å². The quantitative estimate of drug-likeness (QED) is 0.675. The molecular weight excluding hydrogens is 312 g/mol. The van der Waals surface area contributed by atoms with Crippen LogP contribution in [0.1, 0.15) is 11.1 Å². The largest absolute Gasteiger partial charge is 0.379 e. The van der Waals surface area contributed by atoms with Crippen molar-refractivity contribution in [3.63, 3.8) is 0 Å². The maximum atomic E-state index is 12.2. The third-order valence-electron chi connectivity index (χ3n) is 4.04. The number of aromatic amines is 2. The Labute approximate surface area is 137 Å². The minimum atomic E-state index is -0.472. The molecule has 126 valence electrons. The van der Waals surface area contributed by atoms with Crippen LogP contribution in [0.4, 0.5) is 0 Å². The number of H-pyrrole nitrogens is 2. The van der Waals surface area contributed by atoms with E-state index in [1.165, 1.54) is 0 Å². The van der Waals surface area contributed by atoms with Gasteiger partial charge in [0.15, 0.2) is 0 Å². The van der Waals surface area contributed by atoms with Crippen LogP contribution in [0.3, 0.4) is 0 Å². The van der Waals surface area contributed by atoms with Crippen molar-refractivity contribution in [1.29, 1.82) is 0 Å². The highest BCUT2D eigenvalue weighted by Gasteiger charge is 2.29. The van der Waals surface area contributed by atoms with Gasteiger partial charge in [0.1, 0.15) is 0 Å². The molecule has 8 heteroatoms. The SMILES string of the molecule is O=C(Cc1cc(=O)[nH][nH]c1=O)N[C@@H]1COC[C@H]1Cc1ccncc1. The van der Waals surface area contributed by atoms with E-state index in [1.54, 1.807) is 12.4 Å². The maximum Gasteiger partial charge on any atom is 0.266 e. The molecule has 3 N–H and O–H groups in total. The molecule has 2 aromatic rings. The summed E-state index contributed by atoms with van der Waals surface area (Å²) >= 11 is 0. The third kappa shape index (κ3) is 3.96. The number of hydrogen-bond acceptors (Lipinski definition) is 5. The third-order valence-corrected chi connectivity index (χ3v) is 4.04. The molecule has 2 aromatic heterocycles. The monoisotopic (exact) mass is 330 g/mol. The van der Waals surface area contributed by atoms with E-state index in [4.69, 9.17) is 4.74 Å². The molecule has 3 rings (SSSR count). The number of aromatic nitrogens is 3. The summed E-state index contributed by atoms with van der Waals surface area (Å²) in [6.07, 6.45) is 4.10. The molecule has 1 fully saturated rings. The number of hydrogen-bond donors (Lipinski definition) is 3. The molecule has 0 radical (unpaired) electrons. The van der Waals surface area contributed by atoms with Gasteiger partial charge in [-0.1, -0.05) is 0 Å². The second-order valence-electron chi connectivity index (χ2n) is 5.82. The smallest absolute Gasteiger partial charge is 0.266 e. The number of amides is 1. The molecule has 24 heavy (non-hydrogen) atoms. The fraction of sp³-hybridized carbons (Fsp3) is 0.375. The van der Waals surface area contributed by atoms with E-state index in [9.17, 15) is 14.4 Å². The average Bonchev–Trinajstić information content (AvgIpc) is 2.99. The first-order valence-corrected chi connectivity index (χ1v) is 7.68. The van der Waals surface area contributed by atoms with Gasteiger partial charge in [0.2, 0.25) is 5.91 Å². The molecule has 0 unspecified atom stereocenters. The minimum absolute atomic E-state index is 0.119. The van der Waals surface area contributed by atoms with Gasteiger partial charge in [0, 0.05) is 29.9 Å². The fourth-order valence-corrected chi connectivity index (χ4v) is 2.80. The van der Waals surface area contributed by atoms with E-state index in [1.807, 2.05) is 12.1 Å². The number of carbonyl (C=O) groups is 1. The van der Waals surface area contributed by atoms with E-state index < -0.39 is 11.1 Å². The Hall–Kier alpha value is -2.74. The van der Waals surface area contributed by atoms with Crippen molar-refractivity contribution in [2.45, 2.75) is 18.9 Å². The molecule has 2 atom stereocenters. The molecule has 0 aromatic carbocycles. The zero-order valence-electron chi connectivity index (χ0n) is 13.0. The van der Waals surface area contributed by atoms with Gasteiger partial charge in [-0.05, 0) is 24.1 Å².